The maximum absolute atomic E-state index is 11.4. The second-order valence-corrected chi connectivity index (χ2v) is 9.05. The molecule has 1 aromatic carbocycles. The molecule has 26 heavy (non-hydrogen) atoms. The van der Waals surface area contributed by atoms with Crippen LogP contribution >= 0.6 is 0 Å². The van der Waals surface area contributed by atoms with E-state index in [0.29, 0.717) is 12.0 Å². The molecule has 0 bridgehead atoms. The van der Waals surface area contributed by atoms with Crippen LogP contribution in [-0.4, -0.2) is 43.0 Å². The van der Waals surface area contributed by atoms with Gasteiger partial charge in [0, 0.05) is 18.0 Å². The first-order valence-corrected chi connectivity index (χ1v) is 10.4. The number of nitrogens with one attached hydrogen (secondary N) is 2. The quantitative estimate of drug-likeness (QED) is 0.799. The third-order valence-electron chi connectivity index (χ3n) is 4.24. The monoisotopic (exact) mass is 376 g/mol. The van der Waals surface area contributed by atoms with E-state index in [4.69, 9.17) is 4.74 Å². The average molecular weight is 376 g/mol. The zero-order valence-electron chi connectivity index (χ0n) is 15.2. The smallest absolute Gasteiger partial charge is 0.227 e. The van der Waals surface area contributed by atoms with Crippen LogP contribution in [-0.2, 0) is 21.0 Å². The van der Waals surface area contributed by atoms with E-state index < -0.39 is 9.84 Å². The first-order chi connectivity index (χ1) is 12.2. The minimum Gasteiger partial charge on any atom is -0.360 e. The molecule has 0 aliphatic carbocycles. The van der Waals surface area contributed by atoms with Crippen LogP contribution in [0, 0.1) is 0 Å². The van der Waals surface area contributed by atoms with Crippen molar-refractivity contribution in [1.82, 2.24) is 15.3 Å². The molecular weight excluding hydrogens is 352 g/mol. The average Bonchev–Trinajstić information content (AvgIpc) is 2.93. The normalized spacial score (nSPS) is 19.4. The molecule has 2 N–H and O–H groups in total. The van der Waals surface area contributed by atoms with Crippen LogP contribution in [0.1, 0.15) is 25.8 Å². The molecule has 1 fully saturated rings. The molecule has 0 spiro atoms. The Morgan fingerprint density at radius 3 is 2.42 bits per heavy atom. The van der Waals surface area contributed by atoms with Gasteiger partial charge in [0.1, 0.15) is 10.6 Å². The second kappa shape index (κ2) is 7.30. The molecule has 0 radical (unpaired) electrons. The fraction of sp³-hybridized carbons (Fsp3) is 0.444. The summed E-state index contributed by atoms with van der Waals surface area (Å²) in [5.74, 6) is 0.361. The molecule has 2 heterocycles. The molecule has 1 aliphatic heterocycles. The van der Waals surface area contributed by atoms with Gasteiger partial charge < -0.3 is 10.1 Å². The van der Waals surface area contributed by atoms with E-state index in [0.717, 1.165) is 31.4 Å². The first-order valence-electron chi connectivity index (χ1n) is 8.51. The third-order valence-corrected chi connectivity index (χ3v) is 5.31. The van der Waals surface area contributed by atoms with Crippen molar-refractivity contribution in [3.8, 4) is 0 Å². The predicted molar refractivity (Wildman–Crippen MR) is 100 cm³/mol. The Morgan fingerprint density at radius 2 is 1.88 bits per heavy atom. The van der Waals surface area contributed by atoms with Gasteiger partial charge in [0.2, 0.25) is 5.95 Å². The summed E-state index contributed by atoms with van der Waals surface area (Å²) in [5, 5.41) is 6.53. The number of anilines is 2. The zero-order valence-corrected chi connectivity index (χ0v) is 16.0. The van der Waals surface area contributed by atoms with Crippen molar-refractivity contribution in [2.45, 2.75) is 43.4 Å². The third kappa shape index (κ3) is 5.00. The first kappa shape index (κ1) is 18.8. The Hall–Kier alpha value is -2.03. The van der Waals surface area contributed by atoms with Gasteiger partial charge in [-0.2, -0.15) is 0 Å². The Kier molecular flexibility index (Phi) is 5.27. The maximum atomic E-state index is 11.4. The van der Waals surface area contributed by atoms with Gasteiger partial charge >= 0.3 is 0 Å². The van der Waals surface area contributed by atoms with Gasteiger partial charge in [-0.15, -0.1) is 0 Å². The maximum Gasteiger partial charge on any atom is 0.227 e. The molecule has 1 aromatic heterocycles. The molecule has 2 aromatic rings. The summed E-state index contributed by atoms with van der Waals surface area (Å²) in [6.07, 6.45) is 5.73. The van der Waals surface area contributed by atoms with Crippen molar-refractivity contribution in [3.63, 3.8) is 0 Å². The lowest BCUT2D eigenvalue weighted by Crippen LogP contribution is -2.38. The Balaban J connectivity index is 1.54. The Bertz CT molecular complexity index is 849. The molecule has 0 saturated carbocycles. The highest BCUT2D eigenvalue weighted by Crippen LogP contribution is 2.19. The molecule has 140 valence electrons. The van der Waals surface area contributed by atoms with E-state index in [1.165, 1.54) is 18.0 Å². The summed E-state index contributed by atoms with van der Waals surface area (Å²) < 4.78 is 28.5. The minimum atomic E-state index is -3.29. The predicted octanol–water partition coefficient (Wildman–Crippen LogP) is 2.28. The summed E-state index contributed by atoms with van der Waals surface area (Å²) in [7, 11) is -3.29. The van der Waals surface area contributed by atoms with Crippen LogP contribution in [0.3, 0.4) is 0 Å². The fourth-order valence-electron chi connectivity index (χ4n) is 2.84. The number of rotatable bonds is 6. The van der Waals surface area contributed by atoms with E-state index in [9.17, 15) is 8.42 Å². The standard InChI is InChI=1S/C18H24N4O3S/c1-18(2)22-15(12-25-18)9-6-13-4-7-14(8-5-13)21-17-19-10-16(11-20-17)26(3,23)24/h4-5,7-8,10-11,15,22H,6,9,12H2,1-3H3,(H,19,20,21)/t15-/m0/s1. The molecule has 8 heteroatoms. The molecule has 3 rings (SSSR count). The van der Waals surface area contributed by atoms with Crippen molar-refractivity contribution in [2.75, 3.05) is 18.2 Å². The number of hydrogen-bond donors (Lipinski definition) is 2. The molecule has 1 atom stereocenters. The summed E-state index contributed by atoms with van der Waals surface area (Å²) in [5.41, 5.74) is 1.87. The highest BCUT2D eigenvalue weighted by Gasteiger charge is 2.30. The number of hydrogen-bond acceptors (Lipinski definition) is 7. The Morgan fingerprint density at radius 1 is 1.23 bits per heavy atom. The number of benzene rings is 1. The number of aromatic nitrogens is 2. The topological polar surface area (TPSA) is 93.2 Å². The van der Waals surface area contributed by atoms with Gasteiger partial charge in [-0.05, 0) is 44.4 Å². The molecule has 0 unspecified atom stereocenters. The number of ether oxygens (including phenoxy) is 1. The van der Waals surface area contributed by atoms with Crippen molar-refractivity contribution in [2.24, 2.45) is 0 Å². The molecule has 0 amide bonds. The largest absolute Gasteiger partial charge is 0.360 e. The molecule has 1 aliphatic rings. The van der Waals surface area contributed by atoms with Crippen molar-refractivity contribution in [1.29, 1.82) is 0 Å². The van der Waals surface area contributed by atoms with Crippen molar-refractivity contribution >= 4 is 21.5 Å². The molecule has 7 nitrogen and oxygen atoms in total. The van der Waals surface area contributed by atoms with Crippen LogP contribution in [0.4, 0.5) is 11.6 Å². The minimum absolute atomic E-state index is 0.103. The lowest BCUT2D eigenvalue weighted by Gasteiger charge is -2.18. The van der Waals surface area contributed by atoms with E-state index >= 15 is 0 Å². The van der Waals surface area contributed by atoms with Gasteiger partial charge in [0.25, 0.3) is 0 Å². The zero-order chi connectivity index (χ0) is 18.8. The van der Waals surface area contributed by atoms with Gasteiger partial charge in [-0.1, -0.05) is 12.1 Å². The highest BCUT2D eigenvalue weighted by molar-refractivity contribution is 7.90. The van der Waals surface area contributed by atoms with Crippen LogP contribution in [0.2, 0.25) is 0 Å². The SMILES string of the molecule is CC1(C)N[C@@H](CCc2ccc(Nc3ncc(S(C)(=O)=O)cn3)cc2)CO1. The van der Waals surface area contributed by atoms with Crippen LogP contribution in [0.5, 0.6) is 0 Å². The summed E-state index contributed by atoms with van der Waals surface area (Å²) >= 11 is 0. The van der Waals surface area contributed by atoms with Crippen molar-refractivity contribution in [3.05, 3.63) is 42.2 Å². The van der Waals surface area contributed by atoms with E-state index in [1.54, 1.807) is 0 Å². The van der Waals surface area contributed by atoms with Crippen LogP contribution in [0.15, 0.2) is 41.6 Å². The van der Waals surface area contributed by atoms with E-state index in [-0.39, 0.29) is 10.6 Å². The lowest BCUT2D eigenvalue weighted by molar-refractivity contribution is 0.0231. The van der Waals surface area contributed by atoms with Gasteiger partial charge in [-0.25, -0.2) is 18.4 Å². The van der Waals surface area contributed by atoms with Gasteiger partial charge in [0.15, 0.2) is 9.84 Å². The number of aryl methyl sites for hydroxylation is 1. The summed E-state index contributed by atoms with van der Waals surface area (Å²) in [4.78, 5) is 8.19. The molecular formula is C18H24N4O3S. The van der Waals surface area contributed by atoms with Gasteiger partial charge in [0.05, 0.1) is 19.0 Å². The number of nitrogens with zero attached hydrogens (tertiary/aromatic N) is 2. The highest BCUT2D eigenvalue weighted by atomic mass is 32.2. The van der Waals surface area contributed by atoms with Crippen LogP contribution < -0.4 is 10.6 Å². The van der Waals surface area contributed by atoms with Gasteiger partial charge in [-0.3, -0.25) is 5.32 Å². The summed E-state index contributed by atoms with van der Waals surface area (Å²) in [6, 6.07) is 8.43. The Labute approximate surface area is 154 Å². The molecule has 1 saturated heterocycles. The fourth-order valence-corrected chi connectivity index (χ4v) is 3.32. The van der Waals surface area contributed by atoms with E-state index in [1.807, 2.05) is 26.0 Å². The number of sulfone groups is 1. The summed E-state index contributed by atoms with van der Waals surface area (Å²) in [6.45, 7) is 4.82. The van der Waals surface area contributed by atoms with Crippen LogP contribution in [0.25, 0.3) is 0 Å². The lowest BCUT2D eigenvalue weighted by atomic mass is 10.1. The second-order valence-electron chi connectivity index (χ2n) is 7.04. The van der Waals surface area contributed by atoms with E-state index in [2.05, 4.69) is 32.7 Å². The van der Waals surface area contributed by atoms with Crippen molar-refractivity contribution < 1.29 is 13.2 Å².